The summed E-state index contributed by atoms with van der Waals surface area (Å²) in [6.45, 7) is -0.441. The highest BCUT2D eigenvalue weighted by atomic mass is 35.5. The number of aromatic nitrogens is 4. The van der Waals surface area contributed by atoms with E-state index in [9.17, 15) is 13.2 Å². The first-order chi connectivity index (χ1) is 9.37. The average Bonchev–Trinajstić information content (AvgIpc) is 2.76. The molecule has 20 heavy (non-hydrogen) atoms. The molecule has 0 aliphatic heterocycles. The van der Waals surface area contributed by atoms with Crippen molar-refractivity contribution in [2.24, 2.45) is 0 Å². The van der Waals surface area contributed by atoms with Crippen LogP contribution in [0, 0.1) is 0 Å². The monoisotopic (exact) mass is 317 g/mol. The van der Waals surface area contributed by atoms with Gasteiger partial charge in [-0.2, -0.15) is 5.10 Å². The highest BCUT2D eigenvalue weighted by molar-refractivity contribution is 7.92. The predicted octanol–water partition coefficient (Wildman–Crippen LogP) is 0.212. The lowest BCUT2D eigenvalue weighted by atomic mass is 10.6. The lowest BCUT2D eigenvalue weighted by Gasteiger charge is -2.03. The first-order valence-corrected chi connectivity index (χ1v) is 6.98. The summed E-state index contributed by atoms with van der Waals surface area (Å²) in [7, 11) is -3.95. The molecule has 2 N–H and O–H groups in total. The zero-order chi connectivity index (χ0) is 14.8. The molecule has 0 aliphatic carbocycles. The molecular formula is C9H8ClN5O4S. The van der Waals surface area contributed by atoms with Gasteiger partial charge in [-0.15, -0.1) is 0 Å². The second-order valence-electron chi connectivity index (χ2n) is 3.58. The quantitative estimate of drug-likeness (QED) is 0.754. The molecule has 0 saturated carbocycles. The molecule has 0 fully saturated rings. The lowest BCUT2D eigenvalue weighted by Crippen LogP contribution is -2.14. The maximum atomic E-state index is 12.0. The number of anilines is 1. The molecule has 2 rings (SSSR count). The summed E-state index contributed by atoms with van der Waals surface area (Å²) in [5.74, 6) is -1.33. The minimum Gasteiger partial charge on any atom is -0.480 e. The van der Waals surface area contributed by atoms with Crippen molar-refractivity contribution in [1.82, 2.24) is 19.7 Å². The molecule has 0 saturated heterocycles. The van der Waals surface area contributed by atoms with Crippen molar-refractivity contribution in [1.29, 1.82) is 0 Å². The van der Waals surface area contributed by atoms with Gasteiger partial charge in [-0.1, -0.05) is 11.6 Å². The van der Waals surface area contributed by atoms with Crippen LogP contribution >= 0.6 is 11.6 Å². The Morgan fingerprint density at radius 2 is 2.25 bits per heavy atom. The first-order valence-electron chi connectivity index (χ1n) is 5.12. The molecule has 0 aliphatic rings. The Hall–Kier alpha value is -2.20. The van der Waals surface area contributed by atoms with Gasteiger partial charge in [0.1, 0.15) is 16.6 Å². The maximum absolute atomic E-state index is 12.0. The average molecular weight is 318 g/mol. The zero-order valence-electron chi connectivity index (χ0n) is 9.76. The van der Waals surface area contributed by atoms with Crippen molar-refractivity contribution in [3.8, 4) is 0 Å². The minimum atomic E-state index is -3.95. The number of aliphatic carboxylic acids is 1. The van der Waals surface area contributed by atoms with Gasteiger partial charge in [-0.3, -0.25) is 9.48 Å². The van der Waals surface area contributed by atoms with E-state index < -0.39 is 22.5 Å². The van der Waals surface area contributed by atoms with E-state index in [0.717, 1.165) is 17.1 Å². The highest BCUT2D eigenvalue weighted by Crippen LogP contribution is 2.13. The molecule has 0 unspecified atom stereocenters. The molecule has 0 aromatic carbocycles. The molecule has 106 valence electrons. The van der Waals surface area contributed by atoms with Crippen molar-refractivity contribution < 1.29 is 18.3 Å². The Balaban J connectivity index is 2.22. The van der Waals surface area contributed by atoms with Crippen molar-refractivity contribution in [3.63, 3.8) is 0 Å². The van der Waals surface area contributed by atoms with Crippen LogP contribution in [0.4, 0.5) is 5.95 Å². The summed E-state index contributed by atoms with van der Waals surface area (Å²) in [4.78, 5) is 17.7. The number of nitrogens with zero attached hydrogens (tertiary/aromatic N) is 4. The van der Waals surface area contributed by atoms with Gasteiger partial charge in [0, 0.05) is 12.4 Å². The van der Waals surface area contributed by atoms with Crippen molar-refractivity contribution >= 4 is 33.5 Å². The third kappa shape index (κ3) is 3.42. The van der Waals surface area contributed by atoms with E-state index in [1.54, 1.807) is 0 Å². The number of hydrogen-bond acceptors (Lipinski definition) is 6. The van der Waals surface area contributed by atoms with E-state index in [-0.39, 0.29) is 16.0 Å². The molecular weight excluding hydrogens is 310 g/mol. The van der Waals surface area contributed by atoms with E-state index in [1.807, 2.05) is 0 Å². The number of sulfonamides is 1. The standard InChI is InChI=1S/C9H8ClN5O4S/c10-7-1-2-11-9(13-7)14-20(18,19)6-3-12-15(4-6)5-8(16)17/h1-4H,5H2,(H,16,17)(H,11,13,14). The summed E-state index contributed by atoms with van der Waals surface area (Å²) in [6.07, 6.45) is 3.40. The number of hydrogen-bond donors (Lipinski definition) is 2. The SMILES string of the molecule is O=C(O)Cn1cc(S(=O)(=O)Nc2nccc(Cl)n2)cn1. The number of nitrogens with one attached hydrogen (secondary N) is 1. The van der Waals surface area contributed by atoms with Crippen molar-refractivity contribution in [2.75, 3.05) is 4.72 Å². The second-order valence-corrected chi connectivity index (χ2v) is 5.65. The second kappa shape index (κ2) is 5.43. The van der Waals surface area contributed by atoms with Crippen molar-refractivity contribution in [3.05, 3.63) is 29.8 Å². The third-order valence-electron chi connectivity index (χ3n) is 2.06. The zero-order valence-corrected chi connectivity index (χ0v) is 11.3. The highest BCUT2D eigenvalue weighted by Gasteiger charge is 2.18. The Labute approximate surface area is 118 Å². The van der Waals surface area contributed by atoms with Crippen molar-refractivity contribution in [2.45, 2.75) is 11.4 Å². The molecule has 2 aromatic heterocycles. The van der Waals surface area contributed by atoms with Crippen LogP contribution in [0.25, 0.3) is 0 Å². The van der Waals surface area contributed by atoms with Crippen LogP contribution in [-0.4, -0.2) is 39.2 Å². The van der Waals surface area contributed by atoms with Crippen LogP contribution in [0.5, 0.6) is 0 Å². The Morgan fingerprint density at radius 1 is 1.50 bits per heavy atom. The molecule has 0 spiro atoms. The van der Waals surface area contributed by atoms with E-state index in [2.05, 4.69) is 19.8 Å². The number of halogens is 1. The molecule has 0 amide bonds. The van der Waals surface area contributed by atoms with Crippen LogP contribution in [0.15, 0.2) is 29.6 Å². The van der Waals surface area contributed by atoms with E-state index in [4.69, 9.17) is 16.7 Å². The topological polar surface area (TPSA) is 127 Å². The maximum Gasteiger partial charge on any atom is 0.325 e. The number of carboxylic acids is 1. The van der Waals surface area contributed by atoms with Gasteiger partial charge in [0.2, 0.25) is 5.95 Å². The summed E-state index contributed by atoms with van der Waals surface area (Å²) < 4.78 is 27.0. The van der Waals surface area contributed by atoms with Gasteiger partial charge >= 0.3 is 5.97 Å². The molecule has 2 aromatic rings. The molecule has 0 bridgehead atoms. The normalized spacial score (nSPS) is 11.2. The molecule has 9 nitrogen and oxygen atoms in total. The van der Waals surface area contributed by atoms with Gasteiger partial charge in [0.25, 0.3) is 10.0 Å². The van der Waals surface area contributed by atoms with Gasteiger partial charge in [-0.05, 0) is 6.07 Å². The lowest BCUT2D eigenvalue weighted by molar-refractivity contribution is -0.137. The third-order valence-corrected chi connectivity index (χ3v) is 3.56. The van der Waals surface area contributed by atoms with Crippen LogP contribution in [0.3, 0.4) is 0 Å². The predicted molar refractivity (Wildman–Crippen MR) is 67.7 cm³/mol. The van der Waals surface area contributed by atoms with E-state index in [0.29, 0.717) is 0 Å². The molecule has 0 atom stereocenters. The first kappa shape index (κ1) is 14.2. The Kier molecular flexibility index (Phi) is 3.86. The van der Waals surface area contributed by atoms with Crippen LogP contribution < -0.4 is 4.72 Å². The van der Waals surface area contributed by atoms with Gasteiger partial charge in [0.05, 0.1) is 6.20 Å². The van der Waals surface area contributed by atoms with Gasteiger partial charge in [-0.25, -0.2) is 23.1 Å². The fraction of sp³-hybridized carbons (Fsp3) is 0.111. The summed E-state index contributed by atoms with van der Waals surface area (Å²) in [5, 5.41) is 12.3. The number of rotatable bonds is 5. The van der Waals surface area contributed by atoms with Gasteiger partial charge in [0.15, 0.2) is 0 Å². The molecule has 2 heterocycles. The fourth-order valence-corrected chi connectivity index (χ4v) is 2.31. The molecule has 11 heteroatoms. The largest absolute Gasteiger partial charge is 0.480 e. The Bertz CT molecular complexity index is 744. The van der Waals surface area contributed by atoms with Gasteiger partial charge < -0.3 is 5.11 Å². The number of carbonyl (C=O) groups is 1. The van der Waals surface area contributed by atoms with Crippen LogP contribution in [0.2, 0.25) is 5.15 Å². The molecule has 0 radical (unpaired) electrons. The van der Waals surface area contributed by atoms with Crippen LogP contribution in [0.1, 0.15) is 0 Å². The minimum absolute atomic E-state index is 0.0827. The fourth-order valence-electron chi connectivity index (χ4n) is 1.27. The van der Waals surface area contributed by atoms with E-state index >= 15 is 0 Å². The smallest absolute Gasteiger partial charge is 0.325 e. The van der Waals surface area contributed by atoms with E-state index in [1.165, 1.54) is 12.3 Å². The number of carboxylic acid groups (broad SMARTS) is 1. The Morgan fingerprint density at radius 3 is 2.90 bits per heavy atom. The van der Waals surface area contributed by atoms with Crippen LogP contribution in [-0.2, 0) is 21.4 Å². The summed E-state index contributed by atoms with van der Waals surface area (Å²) >= 11 is 5.61. The summed E-state index contributed by atoms with van der Waals surface area (Å²) in [5.41, 5.74) is 0. The summed E-state index contributed by atoms with van der Waals surface area (Å²) in [6, 6.07) is 1.39.